The first-order chi connectivity index (χ1) is 9.00. The highest BCUT2D eigenvalue weighted by atomic mass is 32.2. The lowest BCUT2D eigenvalue weighted by atomic mass is 10.2. The molecule has 1 saturated heterocycles. The van der Waals surface area contributed by atoms with Gasteiger partial charge in [0.25, 0.3) is 5.91 Å². The van der Waals surface area contributed by atoms with E-state index in [0.29, 0.717) is 4.91 Å². The molecule has 1 atom stereocenters. The highest BCUT2D eigenvalue weighted by Gasteiger charge is 2.35. The predicted octanol–water partition coefficient (Wildman–Crippen LogP) is 0.421. The van der Waals surface area contributed by atoms with E-state index in [9.17, 15) is 14.7 Å². The van der Waals surface area contributed by atoms with E-state index in [4.69, 9.17) is 12.2 Å². The molecule has 0 bridgehead atoms. The van der Waals surface area contributed by atoms with Crippen molar-refractivity contribution in [1.29, 1.82) is 0 Å². The zero-order valence-electron chi connectivity index (χ0n) is 9.90. The molecule has 1 aromatic rings. The van der Waals surface area contributed by atoms with Crippen LogP contribution in [0.25, 0.3) is 6.08 Å². The van der Waals surface area contributed by atoms with Gasteiger partial charge in [0.05, 0.1) is 16.9 Å². The molecule has 0 aromatic carbocycles. The summed E-state index contributed by atoms with van der Waals surface area (Å²) in [6, 6.07) is 2.42. The average Bonchev–Trinajstić information content (AvgIpc) is 2.65. The molecule has 5 nitrogen and oxygen atoms in total. The number of rotatable bonds is 3. The molecular formula is C12H9N2O3S2-. The second-order valence-corrected chi connectivity index (χ2v) is 5.50. The lowest BCUT2D eigenvalue weighted by molar-refractivity contribution is -0.309. The van der Waals surface area contributed by atoms with Crippen molar-refractivity contribution in [1.82, 2.24) is 9.88 Å². The van der Waals surface area contributed by atoms with Gasteiger partial charge in [0, 0.05) is 12.4 Å². The molecule has 7 heteroatoms. The summed E-state index contributed by atoms with van der Waals surface area (Å²) >= 11 is 6.11. The number of hydrogen-bond donors (Lipinski definition) is 0. The van der Waals surface area contributed by atoms with Crippen molar-refractivity contribution >= 4 is 46.3 Å². The number of aromatic nitrogens is 1. The third-order valence-electron chi connectivity index (χ3n) is 2.56. The standard InChI is InChI=1S/C12H10N2O3S2/c1-7(11(16)17)14-10(15)9(19-12(14)18)6-8-2-4-13-5-3-8/h2-7H,1H3,(H,16,17)/p-1/b9-6-/t7-/m1/s1. The van der Waals surface area contributed by atoms with Crippen LogP contribution in [-0.2, 0) is 9.59 Å². The van der Waals surface area contributed by atoms with Gasteiger partial charge >= 0.3 is 0 Å². The maximum atomic E-state index is 12.1. The van der Waals surface area contributed by atoms with Crippen LogP contribution >= 0.6 is 24.0 Å². The van der Waals surface area contributed by atoms with Crippen LogP contribution in [0.1, 0.15) is 12.5 Å². The van der Waals surface area contributed by atoms with Gasteiger partial charge in [0.2, 0.25) is 0 Å². The predicted molar refractivity (Wildman–Crippen MR) is 73.7 cm³/mol. The summed E-state index contributed by atoms with van der Waals surface area (Å²) in [6.07, 6.45) is 4.87. The van der Waals surface area contributed by atoms with Crippen molar-refractivity contribution in [3.63, 3.8) is 0 Å². The molecule has 1 fully saturated rings. The minimum atomic E-state index is -1.33. The van der Waals surface area contributed by atoms with Crippen LogP contribution < -0.4 is 5.11 Å². The lowest BCUT2D eigenvalue weighted by Gasteiger charge is -2.23. The summed E-state index contributed by atoms with van der Waals surface area (Å²) in [5.41, 5.74) is 0.802. The van der Waals surface area contributed by atoms with Gasteiger partial charge in [-0.1, -0.05) is 24.0 Å². The van der Waals surface area contributed by atoms with Gasteiger partial charge in [-0.25, -0.2) is 0 Å². The van der Waals surface area contributed by atoms with Gasteiger partial charge < -0.3 is 9.90 Å². The van der Waals surface area contributed by atoms with Crippen LogP contribution in [0.4, 0.5) is 0 Å². The van der Waals surface area contributed by atoms with Crippen molar-refractivity contribution in [3.05, 3.63) is 35.0 Å². The second-order valence-electron chi connectivity index (χ2n) is 3.83. The Morgan fingerprint density at radius 3 is 2.74 bits per heavy atom. The smallest absolute Gasteiger partial charge is 0.266 e. The van der Waals surface area contributed by atoms with E-state index in [2.05, 4.69) is 4.98 Å². The number of aliphatic carboxylic acids is 1. The van der Waals surface area contributed by atoms with E-state index in [1.54, 1.807) is 30.6 Å². The number of carboxylic acids is 1. The molecule has 1 aliphatic heterocycles. The third-order valence-corrected chi connectivity index (χ3v) is 3.89. The third kappa shape index (κ3) is 2.82. The zero-order chi connectivity index (χ0) is 14.0. The van der Waals surface area contributed by atoms with E-state index in [1.165, 1.54) is 6.92 Å². The van der Waals surface area contributed by atoms with Crippen molar-refractivity contribution in [2.24, 2.45) is 0 Å². The molecule has 0 N–H and O–H groups in total. The van der Waals surface area contributed by atoms with Crippen LogP contribution in [0, 0.1) is 0 Å². The SMILES string of the molecule is C[C@H](C(=O)[O-])N1C(=O)/C(=C/c2ccncc2)SC1=S. The molecule has 1 aromatic heterocycles. The van der Waals surface area contributed by atoms with Crippen LogP contribution in [0.3, 0.4) is 0 Å². The number of amides is 1. The molecule has 0 unspecified atom stereocenters. The number of carbonyl (C=O) groups is 2. The molecule has 2 rings (SSSR count). The Bertz CT molecular complexity index is 572. The number of thiocarbonyl (C=S) groups is 1. The van der Waals surface area contributed by atoms with Crippen LogP contribution in [-0.4, -0.2) is 32.1 Å². The van der Waals surface area contributed by atoms with E-state index < -0.39 is 17.9 Å². The molecule has 19 heavy (non-hydrogen) atoms. The minimum absolute atomic E-state index is 0.224. The van der Waals surface area contributed by atoms with Crippen molar-refractivity contribution in [2.75, 3.05) is 0 Å². The molecule has 2 heterocycles. The number of nitrogens with zero attached hydrogens (tertiary/aromatic N) is 2. The highest BCUT2D eigenvalue weighted by Crippen LogP contribution is 2.33. The maximum Gasteiger partial charge on any atom is 0.266 e. The van der Waals surface area contributed by atoms with E-state index >= 15 is 0 Å². The first-order valence-corrected chi connectivity index (χ1v) is 6.61. The molecule has 0 radical (unpaired) electrons. The first-order valence-electron chi connectivity index (χ1n) is 5.38. The van der Waals surface area contributed by atoms with Crippen LogP contribution in [0.5, 0.6) is 0 Å². The van der Waals surface area contributed by atoms with Crippen LogP contribution in [0.15, 0.2) is 29.4 Å². The lowest BCUT2D eigenvalue weighted by Crippen LogP contribution is -2.48. The van der Waals surface area contributed by atoms with Gasteiger partial charge in [-0.2, -0.15) is 0 Å². The highest BCUT2D eigenvalue weighted by molar-refractivity contribution is 8.26. The Hall–Kier alpha value is -1.73. The fourth-order valence-corrected chi connectivity index (χ4v) is 2.95. The van der Waals surface area contributed by atoms with Crippen molar-refractivity contribution < 1.29 is 14.7 Å². The van der Waals surface area contributed by atoms with Gasteiger partial charge in [0.15, 0.2) is 0 Å². The number of pyridine rings is 1. The topological polar surface area (TPSA) is 73.3 Å². The molecule has 1 amide bonds. The van der Waals surface area contributed by atoms with Gasteiger partial charge in [-0.3, -0.25) is 14.7 Å². The summed E-state index contributed by atoms with van der Waals surface area (Å²) in [6.45, 7) is 1.37. The Labute approximate surface area is 119 Å². The largest absolute Gasteiger partial charge is 0.548 e. The Kier molecular flexibility index (Phi) is 3.96. The summed E-state index contributed by atoms with van der Waals surface area (Å²) in [4.78, 5) is 28.3. The monoisotopic (exact) mass is 293 g/mol. The first kappa shape index (κ1) is 13.7. The molecule has 98 valence electrons. The van der Waals surface area contributed by atoms with Gasteiger partial charge in [0.1, 0.15) is 4.32 Å². The zero-order valence-corrected chi connectivity index (χ0v) is 11.5. The second kappa shape index (κ2) is 5.50. The Morgan fingerprint density at radius 1 is 1.53 bits per heavy atom. The number of thioether (sulfide) groups is 1. The maximum absolute atomic E-state index is 12.1. The minimum Gasteiger partial charge on any atom is -0.548 e. The van der Waals surface area contributed by atoms with Crippen molar-refractivity contribution in [3.8, 4) is 0 Å². The quantitative estimate of drug-likeness (QED) is 0.594. The Morgan fingerprint density at radius 2 is 2.16 bits per heavy atom. The molecule has 0 spiro atoms. The molecule has 1 aliphatic rings. The van der Waals surface area contributed by atoms with Crippen LogP contribution in [0.2, 0.25) is 0 Å². The number of carbonyl (C=O) groups excluding carboxylic acids is 2. The fraction of sp³-hybridized carbons (Fsp3) is 0.167. The van der Waals surface area contributed by atoms with E-state index in [1.807, 2.05) is 0 Å². The van der Waals surface area contributed by atoms with E-state index in [-0.39, 0.29) is 4.32 Å². The molecule has 0 aliphatic carbocycles. The molecule has 0 saturated carbocycles. The summed E-state index contributed by atoms with van der Waals surface area (Å²) in [7, 11) is 0. The Balaban J connectivity index is 2.28. The number of hydrogen-bond acceptors (Lipinski definition) is 6. The fourth-order valence-electron chi connectivity index (χ4n) is 1.53. The summed E-state index contributed by atoms with van der Waals surface area (Å²) < 4.78 is 0.224. The normalized spacial score (nSPS) is 19.0. The summed E-state index contributed by atoms with van der Waals surface area (Å²) in [5.74, 6) is -1.75. The van der Waals surface area contributed by atoms with Gasteiger partial charge in [-0.15, -0.1) is 0 Å². The van der Waals surface area contributed by atoms with Crippen molar-refractivity contribution in [2.45, 2.75) is 13.0 Å². The van der Waals surface area contributed by atoms with Gasteiger partial charge in [-0.05, 0) is 30.7 Å². The molecular weight excluding hydrogens is 284 g/mol. The average molecular weight is 293 g/mol. The van der Waals surface area contributed by atoms with E-state index in [0.717, 1.165) is 22.2 Å². The summed E-state index contributed by atoms with van der Waals surface area (Å²) in [5, 5.41) is 10.8. The number of carboxylic acid groups (broad SMARTS) is 1.